The highest BCUT2D eigenvalue weighted by Crippen LogP contribution is 2.18. The zero-order chi connectivity index (χ0) is 30.0. The Bertz CT molecular complexity index is 1570. The minimum Gasteiger partial charge on any atom is -0.350 e. The first-order valence-corrected chi connectivity index (χ1v) is 15.8. The van der Waals surface area contributed by atoms with Crippen molar-refractivity contribution in [2.24, 2.45) is 0 Å². The smallest absolute Gasteiger partial charge is 0.243 e. The lowest BCUT2D eigenvalue weighted by Gasteiger charge is -2.33. The minimum atomic E-state index is -3.75. The summed E-state index contributed by atoms with van der Waals surface area (Å²) in [4.78, 5) is 29.4. The van der Waals surface area contributed by atoms with Crippen molar-refractivity contribution in [3.8, 4) is 0 Å². The lowest BCUT2D eigenvalue weighted by Crippen LogP contribution is -2.53. The second-order valence-corrected chi connectivity index (χ2v) is 12.4. The number of carbonyl (C=O) groups is 2. The van der Waals surface area contributed by atoms with Gasteiger partial charge in [0, 0.05) is 31.1 Å². The van der Waals surface area contributed by atoms with Crippen LogP contribution in [0.4, 0.5) is 0 Å². The summed E-state index contributed by atoms with van der Waals surface area (Å²) in [6.45, 7) is -0.0729. The molecule has 2 amide bonds. The Morgan fingerprint density at radius 2 is 1.24 bits per heavy atom. The molecule has 1 N–H and O–H groups in total. The van der Waals surface area contributed by atoms with E-state index in [1.54, 1.807) is 6.07 Å². The van der Waals surface area contributed by atoms with E-state index in [1.165, 1.54) is 4.90 Å². The van der Waals surface area contributed by atoms with Crippen LogP contribution in [0.2, 0.25) is 5.02 Å². The van der Waals surface area contributed by atoms with Gasteiger partial charge in [0.15, 0.2) is 0 Å². The summed E-state index contributed by atoms with van der Waals surface area (Å²) < 4.78 is 26.7. The topological polar surface area (TPSA) is 86.8 Å². The molecule has 1 atom stereocenters. The molecular weight excluding hydrogens is 570 g/mol. The van der Waals surface area contributed by atoms with Crippen molar-refractivity contribution in [2.45, 2.75) is 32.1 Å². The first-order chi connectivity index (χ1) is 20.2. The van der Waals surface area contributed by atoms with Gasteiger partial charge in [-0.25, -0.2) is 8.42 Å². The fourth-order valence-corrected chi connectivity index (χ4v) is 5.53. The number of amides is 2. The molecular formula is C33H34ClN3O4S. The molecule has 4 aromatic rings. The first kappa shape index (κ1) is 31.0. The summed E-state index contributed by atoms with van der Waals surface area (Å²) in [7, 11) is -3.75. The van der Waals surface area contributed by atoms with Crippen LogP contribution in [0.15, 0.2) is 115 Å². The van der Waals surface area contributed by atoms with E-state index in [0.29, 0.717) is 5.02 Å². The molecule has 0 fully saturated rings. The zero-order valence-electron chi connectivity index (χ0n) is 23.4. The molecule has 218 valence electrons. The predicted molar refractivity (Wildman–Crippen MR) is 166 cm³/mol. The number of sulfonamides is 1. The molecule has 9 heteroatoms. The van der Waals surface area contributed by atoms with E-state index in [1.807, 2.05) is 109 Å². The molecule has 7 nitrogen and oxygen atoms in total. The summed E-state index contributed by atoms with van der Waals surface area (Å²) >= 11 is 6.33. The fourth-order valence-electron chi connectivity index (χ4n) is 4.60. The Morgan fingerprint density at radius 1 is 0.738 bits per heavy atom. The van der Waals surface area contributed by atoms with Crippen molar-refractivity contribution in [1.82, 2.24) is 14.5 Å². The van der Waals surface area contributed by atoms with Crippen LogP contribution in [0.25, 0.3) is 0 Å². The monoisotopic (exact) mass is 603 g/mol. The van der Waals surface area contributed by atoms with Crippen LogP contribution >= 0.6 is 11.6 Å². The number of hydrogen-bond donors (Lipinski definition) is 1. The van der Waals surface area contributed by atoms with E-state index in [2.05, 4.69) is 5.32 Å². The van der Waals surface area contributed by atoms with Crippen LogP contribution in [0.3, 0.4) is 0 Å². The van der Waals surface area contributed by atoms with E-state index in [9.17, 15) is 18.0 Å². The molecule has 0 aliphatic rings. The summed E-state index contributed by atoms with van der Waals surface area (Å²) in [6, 6.07) is 34.2. The minimum absolute atomic E-state index is 0.0344. The quantitative estimate of drug-likeness (QED) is 0.231. The van der Waals surface area contributed by atoms with Gasteiger partial charge in [0.1, 0.15) is 6.04 Å². The maximum atomic E-state index is 14.1. The maximum absolute atomic E-state index is 14.1. The van der Waals surface area contributed by atoms with E-state index in [-0.39, 0.29) is 32.0 Å². The van der Waals surface area contributed by atoms with Crippen LogP contribution in [0.1, 0.15) is 22.3 Å². The summed E-state index contributed by atoms with van der Waals surface area (Å²) in [5.41, 5.74) is 3.18. The second kappa shape index (κ2) is 14.8. The zero-order valence-corrected chi connectivity index (χ0v) is 25.0. The molecule has 0 spiro atoms. The van der Waals surface area contributed by atoms with Gasteiger partial charge in [-0.1, -0.05) is 121 Å². The van der Waals surface area contributed by atoms with E-state index in [4.69, 9.17) is 11.6 Å². The molecule has 42 heavy (non-hydrogen) atoms. The Hall–Kier alpha value is -3.98. The number of halogens is 1. The van der Waals surface area contributed by atoms with E-state index >= 15 is 0 Å². The third kappa shape index (κ3) is 9.01. The number of nitrogens with one attached hydrogen (secondary N) is 1. The lowest BCUT2D eigenvalue weighted by atomic mass is 10.0. The SMILES string of the molecule is CS(=O)(=O)N(CC(=O)N(Cc1ccccc1)C(Cc1ccccc1)C(=O)NCc1ccccc1Cl)Cc1ccccc1. The number of benzene rings is 4. The fraction of sp³-hybridized carbons (Fsp3) is 0.212. The molecule has 0 aliphatic carbocycles. The van der Waals surface area contributed by atoms with Gasteiger partial charge in [0.2, 0.25) is 21.8 Å². The van der Waals surface area contributed by atoms with Crippen molar-refractivity contribution in [3.05, 3.63) is 143 Å². The van der Waals surface area contributed by atoms with E-state index < -0.39 is 28.5 Å². The average molecular weight is 604 g/mol. The normalized spacial score (nSPS) is 12.1. The summed E-state index contributed by atoms with van der Waals surface area (Å²) in [5, 5.41) is 3.48. The molecule has 0 aromatic heterocycles. The molecule has 0 bridgehead atoms. The number of carbonyl (C=O) groups excluding carboxylic acids is 2. The number of hydrogen-bond acceptors (Lipinski definition) is 4. The molecule has 0 heterocycles. The highest BCUT2D eigenvalue weighted by molar-refractivity contribution is 7.88. The van der Waals surface area contributed by atoms with Crippen molar-refractivity contribution < 1.29 is 18.0 Å². The Kier molecular flexibility index (Phi) is 10.9. The summed E-state index contributed by atoms with van der Waals surface area (Å²) in [6.07, 6.45) is 1.33. The highest BCUT2D eigenvalue weighted by Gasteiger charge is 2.33. The van der Waals surface area contributed by atoms with Crippen LogP contribution in [-0.4, -0.2) is 48.3 Å². The van der Waals surface area contributed by atoms with Crippen molar-refractivity contribution in [3.63, 3.8) is 0 Å². The van der Waals surface area contributed by atoms with Crippen LogP contribution in [0.5, 0.6) is 0 Å². The van der Waals surface area contributed by atoms with Gasteiger partial charge < -0.3 is 10.2 Å². The molecule has 0 saturated heterocycles. The number of rotatable bonds is 13. The molecule has 0 saturated carbocycles. The third-order valence-corrected chi connectivity index (χ3v) is 8.43. The second-order valence-electron chi connectivity index (χ2n) is 10.0. The molecule has 0 aliphatic heterocycles. The average Bonchev–Trinajstić information content (AvgIpc) is 2.99. The van der Waals surface area contributed by atoms with Gasteiger partial charge >= 0.3 is 0 Å². The van der Waals surface area contributed by atoms with Crippen molar-refractivity contribution in [1.29, 1.82) is 0 Å². The van der Waals surface area contributed by atoms with Gasteiger partial charge in [-0.15, -0.1) is 0 Å². The van der Waals surface area contributed by atoms with Gasteiger partial charge in [0.25, 0.3) is 0 Å². The Balaban J connectivity index is 1.67. The van der Waals surface area contributed by atoms with Gasteiger partial charge in [-0.3, -0.25) is 9.59 Å². The van der Waals surface area contributed by atoms with Crippen LogP contribution in [0, 0.1) is 0 Å². The van der Waals surface area contributed by atoms with Crippen LogP contribution < -0.4 is 5.32 Å². The number of nitrogens with zero attached hydrogens (tertiary/aromatic N) is 2. The largest absolute Gasteiger partial charge is 0.350 e. The summed E-state index contributed by atoms with van der Waals surface area (Å²) in [5.74, 6) is -0.842. The first-order valence-electron chi connectivity index (χ1n) is 13.6. The standard InChI is InChI=1S/C33H34ClN3O4S/c1-42(40,41)36(23-27-15-7-3-8-16-27)25-32(38)37(24-28-17-9-4-10-18-28)31(21-26-13-5-2-6-14-26)33(39)35-22-29-19-11-12-20-30(29)34/h2-20,31H,21-25H2,1H3,(H,35,39). The van der Waals surface area contributed by atoms with Gasteiger partial charge in [0.05, 0.1) is 12.8 Å². The van der Waals surface area contributed by atoms with Crippen LogP contribution in [-0.2, 0) is 45.7 Å². The van der Waals surface area contributed by atoms with Crippen molar-refractivity contribution >= 4 is 33.4 Å². The van der Waals surface area contributed by atoms with Gasteiger partial charge in [-0.05, 0) is 28.3 Å². The molecule has 1 unspecified atom stereocenters. The maximum Gasteiger partial charge on any atom is 0.243 e. The molecule has 0 radical (unpaired) electrons. The van der Waals surface area contributed by atoms with Crippen molar-refractivity contribution in [2.75, 3.05) is 12.8 Å². The van der Waals surface area contributed by atoms with E-state index in [0.717, 1.165) is 32.8 Å². The molecule has 4 rings (SSSR count). The Morgan fingerprint density at radius 3 is 1.79 bits per heavy atom. The Labute approximate surface area is 252 Å². The lowest BCUT2D eigenvalue weighted by molar-refractivity contribution is -0.141. The van der Waals surface area contributed by atoms with Gasteiger partial charge in [-0.2, -0.15) is 4.31 Å². The molecule has 4 aromatic carbocycles. The third-order valence-electron chi connectivity index (χ3n) is 6.86. The predicted octanol–water partition coefficient (Wildman–Crippen LogP) is 5.06. The highest BCUT2D eigenvalue weighted by atomic mass is 35.5.